The molecule has 7 heteroatoms. The number of benzene rings is 2. The van der Waals surface area contributed by atoms with Crippen molar-refractivity contribution in [1.29, 1.82) is 0 Å². The van der Waals surface area contributed by atoms with Crippen LogP contribution in [-0.4, -0.2) is 18.3 Å². The van der Waals surface area contributed by atoms with Gasteiger partial charge >= 0.3 is 0 Å². The van der Waals surface area contributed by atoms with Crippen LogP contribution in [0.2, 0.25) is 10.0 Å². The number of anilines is 1. The fourth-order valence-electron chi connectivity index (χ4n) is 2.05. The third-order valence-corrected chi connectivity index (χ3v) is 3.72. The fraction of sp³-hybridized carbons (Fsp3) is 0.176. The van der Waals surface area contributed by atoms with Crippen molar-refractivity contribution in [2.24, 2.45) is 0 Å². The minimum atomic E-state index is -0.706. The zero-order valence-electron chi connectivity index (χ0n) is 13.0. The maximum Gasteiger partial charge on any atom is 0.255 e. The first-order valence-corrected chi connectivity index (χ1v) is 7.82. The van der Waals surface area contributed by atoms with Crippen molar-refractivity contribution in [3.05, 3.63) is 57.3 Å². The summed E-state index contributed by atoms with van der Waals surface area (Å²) >= 11 is 12.1. The molecular weight excluding hydrogens is 356 g/mol. The van der Waals surface area contributed by atoms with E-state index < -0.39 is 17.5 Å². The number of hydrogen-bond donors (Lipinski definition) is 1. The molecule has 2 aromatic rings. The van der Waals surface area contributed by atoms with Crippen LogP contribution in [0, 0.1) is 5.82 Å². The van der Waals surface area contributed by atoms with Crippen LogP contribution in [0.1, 0.15) is 34.6 Å². The predicted octanol–water partition coefficient (Wildman–Crippen LogP) is 4.99. The zero-order chi connectivity index (χ0) is 17.9. The fourth-order valence-corrected chi connectivity index (χ4v) is 2.65. The number of nitrogens with one attached hydrogen (secondary N) is 1. The van der Waals surface area contributed by atoms with E-state index in [1.807, 2.05) is 0 Å². The summed E-state index contributed by atoms with van der Waals surface area (Å²) < 4.78 is 19.1. The number of hydrogen-bond acceptors (Lipinski definition) is 3. The van der Waals surface area contributed by atoms with Crippen LogP contribution in [0.25, 0.3) is 0 Å². The molecule has 2 aromatic carbocycles. The summed E-state index contributed by atoms with van der Waals surface area (Å²) in [4.78, 5) is 23.5. The van der Waals surface area contributed by atoms with Crippen molar-refractivity contribution < 1.29 is 18.7 Å². The van der Waals surface area contributed by atoms with Gasteiger partial charge in [0.1, 0.15) is 5.82 Å². The van der Waals surface area contributed by atoms with Gasteiger partial charge in [0, 0.05) is 11.3 Å². The van der Waals surface area contributed by atoms with E-state index in [0.29, 0.717) is 12.4 Å². The van der Waals surface area contributed by atoms with Gasteiger partial charge in [-0.2, -0.15) is 0 Å². The number of carbonyl (C=O) groups is 2. The normalized spacial score (nSPS) is 10.4. The summed E-state index contributed by atoms with van der Waals surface area (Å²) in [5, 5.41) is 2.93. The molecule has 0 radical (unpaired) electrons. The lowest BCUT2D eigenvalue weighted by Gasteiger charge is -2.11. The van der Waals surface area contributed by atoms with Crippen molar-refractivity contribution in [3.8, 4) is 5.75 Å². The van der Waals surface area contributed by atoms with Gasteiger partial charge in [0.05, 0.1) is 22.2 Å². The Hall–Kier alpha value is -2.11. The van der Waals surface area contributed by atoms with Gasteiger partial charge in [-0.1, -0.05) is 23.2 Å². The van der Waals surface area contributed by atoms with Crippen LogP contribution < -0.4 is 10.1 Å². The molecule has 0 aliphatic heterocycles. The molecule has 0 saturated heterocycles. The molecule has 24 heavy (non-hydrogen) atoms. The van der Waals surface area contributed by atoms with Crippen LogP contribution in [0.3, 0.4) is 0 Å². The standard InChI is InChI=1S/C17H14Cl2FNO3/c1-3-24-16-13(18)6-10(7-14(16)19)17(23)21-11-4-5-12(9(2)22)15(20)8-11/h4-8H,3H2,1-2H3,(H,21,23). The zero-order valence-corrected chi connectivity index (χ0v) is 14.5. The first kappa shape index (κ1) is 18.2. The number of halogens is 3. The molecule has 0 heterocycles. The monoisotopic (exact) mass is 369 g/mol. The molecule has 126 valence electrons. The van der Waals surface area contributed by atoms with Crippen LogP contribution >= 0.6 is 23.2 Å². The Morgan fingerprint density at radius 1 is 1.17 bits per heavy atom. The summed E-state index contributed by atoms with van der Waals surface area (Å²) in [5.74, 6) is -1.32. The van der Waals surface area contributed by atoms with Gasteiger partial charge < -0.3 is 10.1 Å². The summed E-state index contributed by atoms with van der Waals surface area (Å²) in [6.45, 7) is 3.43. The van der Waals surface area contributed by atoms with E-state index in [-0.39, 0.29) is 26.9 Å². The smallest absolute Gasteiger partial charge is 0.255 e. The molecule has 1 N–H and O–H groups in total. The molecule has 0 bridgehead atoms. The van der Waals surface area contributed by atoms with E-state index in [9.17, 15) is 14.0 Å². The molecule has 4 nitrogen and oxygen atoms in total. The topological polar surface area (TPSA) is 55.4 Å². The number of rotatable bonds is 5. The highest BCUT2D eigenvalue weighted by Gasteiger charge is 2.15. The molecular formula is C17H14Cl2FNO3. The molecule has 0 aliphatic carbocycles. The largest absolute Gasteiger partial charge is 0.491 e. The lowest BCUT2D eigenvalue weighted by atomic mass is 10.1. The molecule has 2 rings (SSSR count). The third kappa shape index (κ3) is 4.04. The van der Waals surface area contributed by atoms with Gasteiger partial charge in [-0.15, -0.1) is 0 Å². The minimum Gasteiger partial charge on any atom is -0.491 e. The quantitative estimate of drug-likeness (QED) is 0.755. The average Bonchev–Trinajstić information content (AvgIpc) is 2.50. The van der Waals surface area contributed by atoms with Gasteiger partial charge in [-0.3, -0.25) is 9.59 Å². The van der Waals surface area contributed by atoms with Crippen molar-refractivity contribution in [3.63, 3.8) is 0 Å². The number of amides is 1. The van der Waals surface area contributed by atoms with Gasteiger partial charge in [0.15, 0.2) is 11.5 Å². The molecule has 0 aromatic heterocycles. The Bertz CT molecular complexity index is 785. The molecule has 0 atom stereocenters. The second-order valence-electron chi connectivity index (χ2n) is 4.91. The van der Waals surface area contributed by atoms with Gasteiger partial charge in [0.25, 0.3) is 5.91 Å². The predicted molar refractivity (Wildman–Crippen MR) is 92.0 cm³/mol. The van der Waals surface area contributed by atoms with E-state index in [1.54, 1.807) is 6.92 Å². The lowest BCUT2D eigenvalue weighted by molar-refractivity contribution is 0.101. The SMILES string of the molecule is CCOc1c(Cl)cc(C(=O)Nc2ccc(C(C)=O)c(F)c2)cc1Cl. The molecule has 0 saturated carbocycles. The van der Waals surface area contributed by atoms with E-state index in [4.69, 9.17) is 27.9 Å². The summed E-state index contributed by atoms with van der Waals surface area (Å²) in [7, 11) is 0. The van der Waals surface area contributed by atoms with Gasteiger partial charge in [-0.25, -0.2) is 4.39 Å². The van der Waals surface area contributed by atoms with Crippen LogP contribution in [0.15, 0.2) is 30.3 Å². The minimum absolute atomic E-state index is 0.0415. The van der Waals surface area contributed by atoms with Crippen molar-refractivity contribution in [2.75, 3.05) is 11.9 Å². The van der Waals surface area contributed by atoms with E-state index in [1.165, 1.54) is 31.2 Å². The van der Waals surface area contributed by atoms with Crippen molar-refractivity contribution in [1.82, 2.24) is 0 Å². The number of ketones is 1. The third-order valence-electron chi connectivity index (χ3n) is 3.16. The Morgan fingerprint density at radius 2 is 1.79 bits per heavy atom. The Kier molecular flexibility index (Phi) is 5.80. The van der Waals surface area contributed by atoms with E-state index in [0.717, 1.165) is 6.07 Å². The number of carbonyl (C=O) groups excluding carboxylic acids is 2. The van der Waals surface area contributed by atoms with Crippen molar-refractivity contribution >= 4 is 40.6 Å². The molecule has 0 unspecified atom stereocenters. The van der Waals surface area contributed by atoms with Crippen molar-refractivity contribution in [2.45, 2.75) is 13.8 Å². The van der Waals surface area contributed by atoms with Crippen LogP contribution in [-0.2, 0) is 0 Å². The summed E-state index contributed by atoms with van der Waals surface area (Å²) in [6, 6.07) is 6.65. The van der Waals surface area contributed by atoms with Gasteiger partial charge in [0.2, 0.25) is 0 Å². The van der Waals surface area contributed by atoms with Crippen LogP contribution in [0.4, 0.5) is 10.1 Å². The highest BCUT2D eigenvalue weighted by Crippen LogP contribution is 2.34. The molecule has 0 spiro atoms. The Morgan fingerprint density at radius 3 is 2.29 bits per heavy atom. The number of ether oxygens (including phenoxy) is 1. The first-order valence-electron chi connectivity index (χ1n) is 7.07. The Labute approximate surface area is 148 Å². The highest BCUT2D eigenvalue weighted by molar-refractivity contribution is 6.37. The number of Topliss-reactive ketones (excluding diaryl/α,β-unsaturated/α-hetero) is 1. The second-order valence-corrected chi connectivity index (χ2v) is 5.72. The second kappa shape index (κ2) is 7.64. The van der Waals surface area contributed by atoms with E-state index >= 15 is 0 Å². The molecule has 1 amide bonds. The summed E-state index contributed by atoms with van der Waals surface area (Å²) in [6.07, 6.45) is 0. The Balaban J connectivity index is 2.24. The first-order chi connectivity index (χ1) is 11.3. The highest BCUT2D eigenvalue weighted by atomic mass is 35.5. The molecule has 0 aliphatic rings. The average molecular weight is 370 g/mol. The molecule has 0 fully saturated rings. The maximum atomic E-state index is 13.8. The maximum absolute atomic E-state index is 13.8. The van der Waals surface area contributed by atoms with Gasteiger partial charge in [-0.05, 0) is 44.2 Å². The van der Waals surface area contributed by atoms with E-state index in [2.05, 4.69) is 5.32 Å². The summed E-state index contributed by atoms with van der Waals surface area (Å²) in [5.41, 5.74) is 0.369. The van der Waals surface area contributed by atoms with Crippen LogP contribution in [0.5, 0.6) is 5.75 Å². The lowest BCUT2D eigenvalue weighted by Crippen LogP contribution is -2.13.